The van der Waals surface area contributed by atoms with Gasteiger partial charge in [0.1, 0.15) is 5.75 Å². The maximum absolute atomic E-state index is 12.5. The van der Waals surface area contributed by atoms with E-state index in [4.69, 9.17) is 10.5 Å². The molecule has 1 amide bonds. The van der Waals surface area contributed by atoms with Crippen molar-refractivity contribution >= 4 is 18.3 Å². The van der Waals surface area contributed by atoms with Gasteiger partial charge in [-0.3, -0.25) is 4.79 Å². The smallest absolute Gasteiger partial charge is 0.254 e. The van der Waals surface area contributed by atoms with Crippen molar-refractivity contribution in [1.82, 2.24) is 4.90 Å². The van der Waals surface area contributed by atoms with Crippen molar-refractivity contribution < 1.29 is 9.53 Å². The summed E-state index contributed by atoms with van der Waals surface area (Å²) in [7, 11) is 0. The molecule has 1 fully saturated rings. The average molecular weight is 347 g/mol. The molecule has 1 saturated heterocycles. The maximum atomic E-state index is 12.5. The van der Waals surface area contributed by atoms with Crippen molar-refractivity contribution in [1.29, 1.82) is 0 Å². The molecule has 1 unspecified atom stereocenters. The Hall–Kier alpha value is -2.04. The molecule has 1 heterocycles. The fourth-order valence-corrected chi connectivity index (χ4v) is 2.80. The average Bonchev–Trinajstić information content (AvgIpc) is 3.02. The largest absolute Gasteiger partial charge is 0.493 e. The number of amides is 1. The van der Waals surface area contributed by atoms with Crippen molar-refractivity contribution in [2.75, 3.05) is 19.7 Å². The van der Waals surface area contributed by atoms with E-state index in [0.717, 1.165) is 25.1 Å². The van der Waals surface area contributed by atoms with E-state index in [1.54, 1.807) is 0 Å². The Kier molecular flexibility index (Phi) is 6.64. The van der Waals surface area contributed by atoms with Crippen LogP contribution in [0.1, 0.15) is 22.3 Å². The first-order valence-corrected chi connectivity index (χ1v) is 8.04. The molecule has 2 aromatic rings. The summed E-state index contributed by atoms with van der Waals surface area (Å²) >= 11 is 0. The van der Waals surface area contributed by atoms with Crippen LogP contribution in [-0.2, 0) is 6.42 Å². The van der Waals surface area contributed by atoms with Crippen LogP contribution in [-0.4, -0.2) is 36.5 Å². The van der Waals surface area contributed by atoms with Gasteiger partial charge in [-0.15, -0.1) is 12.4 Å². The molecule has 24 heavy (non-hydrogen) atoms. The standard InChI is InChI=1S/C19H22N2O2.ClH/c20-17-9-11-21(14-17)19(22)16-7-4-8-18(13-16)23-12-10-15-5-2-1-3-6-15;/h1-8,13,17H,9-12,14,20H2;1H. The first-order valence-electron chi connectivity index (χ1n) is 8.04. The number of benzene rings is 2. The number of hydrogen-bond acceptors (Lipinski definition) is 3. The van der Waals surface area contributed by atoms with Crippen LogP contribution in [0.5, 0.6) is 5.75 Å². The highest BCUT2D eigenvalue weighted by Gasteiger charge is 2.24. The van der Waals surface area contributed by atoms with E-state index in [1.165, 1.54) is 5.56 Å². The molecule has 0 radical (unpaired) electrons. The summed E-state index contributed by atoms with van der Waals surface area (Å²) in [6.45, 7) is 1.97. The fraction of sp³-hybridized carbons (Fsp3) is 0.316. The molecule has 1 aliphatic heterocycles. The van der Waals surface area contributed by atoms with Gasteiger partial charge in [-0.2, -0.15) is 0 Å². The van der Waals surface area contributed by atoms with E-state index in [9.17, 15) is 4.79 Å². The van der Waals surface area contributed by atoms with Crippen LogP contribution < -0.4 is 10.5 Å². The molecule has 0 aliphatic carbocycles. The zero-order valence-electron chi connectivity index (χ0n) is 13.6. The van der Waals surface area contributed by atoms with Gasteiger partial charge < -0.3 is 15.4 Å². The number of nitrogens with zero attached hydrogens (tertiary/aromatic N) is 1. The van der Waals surface area contributed by atoms with E-state index in [0.29, 0.717) is 18.7 Å². The molecule has 2 N–H and O–H groups in total. The van der Waals surface area contributed by atoms with Crippen LogP contribution >= 0.6 is 12.4 Å². The second-order valence-electron chi connectivity index (χ2n) is 5.91. The Morgan fingerprint density at radius 1 is 1.17 bits per heavy atom. The molecule has 0 bridgehead atoms. The van der Waals surface area contributed by atoms with Crippen LogP contribution in [0.3, 0.4) is 0 Å². The molecule has 4 nitrogen and oxygen atoms in total. The van der Waals surface area contributed by atoms with E-state index < -0.39 is 0 Å². The normalized spacial score (nSPS) is 16.5. The number of likely N-dealkylation sites (tertiary alicyclic amines) is 1. The molecule has 0 spiro atoms. The minimum absolute atomic E-state index is 0. The SMILES string of the molecule is Cl.NC1CCN(C(=O)c2cccc(OCCc3ccccc3)c2)C1. The number of halogens is 1. The van der Waals surface area contributed by atoms with Crippen LogP contribution in [0.2, 0.25) is 0 Å². The summed E-state index contributed by atoms with van der Waals surface area (Å²) in [6.07, 6.45) is 1.72. The molecular formula is C19H23ClN2O2. The molecule has 1 aliphatic rings. The highest BCUT2D eigenvalue weighted by molar-refractivity contribution is 5.94. The van der Waals surface area contributed by atoms with Crippen molar-refractivity contribution in [3.63, 3.8) is 0 Å². The van der Waals surface area contributed by atoms with E-state index in [-0.39, 0.29) is 24.4 Å². The number of rotatable bonds is 5. The Labute approximate surface area is 149 Å². The summed E-state index contributed by atoms with van der Waals surface area (Å²) in [5.74, 6) is 0.765. The second-order valence-corrected chi connectivity index (χ2v) is 5.91. The van der Waals surface area contributed by atoms with Crippen molar-refractivity contribution in [2.24, 2.45) is 5.73 Å². The summed E-state index contributed by atoms with van der Waals surface area (Å²) in [5.41, 5.74) is 7.78. The first kappa shape index (κ1) is 18.3. The highest BCUT2D eigenvalue weighted by Crippen LogP contribution is 2.18. The lowest BCUT2D eigenvalue weighted by atomic mass is 10.1. The Balaban J connectivity index is 0.00000208. The van der Waals surface area contributed by atoms with Gasteiger partial charge in [0.25, 0.3) is 5.91 Å². The molecule has 1 atom stereocenters. The summed E-state index contributed by atoms with van der Waals surface area (Å²) < 4.78 is 5.79. The number of nitrogens with two attached hydrogens (primary N) is 1. The van der Waals surface area contributed by atoms with Gasteiger partial charge in [-0.1, -0.05) is 36.4 Å². The maximum Gasteiger partial charge on any atom is 0.254 e. The first-order chi connectivity index (χ1) is 11.2. The Morgan fingerprint density at radius 2 is 1.96 bits per heavy atom. The molecule has 5 heteroatoms. The van der Waals surface area contributed by atoms with Crippen molar-refractivity contribution in [3.8, 4) is 5.75 Å². The second kappa shape index (κ2) is 8.71. The van der Waals surface area contributed by atoms with Gasteiger partial charge in [-0.25, -0.2) is 0 Å². The minimum atomic E-state index is 0. The minimum Gasteiger partial charge on any atom is -0.493 e. The van der Waals surface area contributed by atoms with Crippen LogP contribution in [0.15, 0.2) is 54.6 Å². The topological polar surface area (TPSA) is 55.6 Å². The van der Waals surface area contributed by atoms with Gasteiger partial charge in [0.15, 0.2) is 0 Å². The van der Waals surface area contributed by atoms with Crippen LogP contribution in [0.4, 0.5) is 0 Å². The quantitative estimate of drug-likeness (QED) is 0.905. The predicted molar refractivity (Wildman–Crippen MR) is 97.8 cm³/mol. The number of carbonyl (C=O) groups is 1. The van der Waals surface area contributed by atoms with Crippen molar-refractivity contribution in [2.45, 2.75) is 18.9 Å². The molecule has 128 valence electrons. The number of carbonyl (C=O) groups excluding carboxylic acids is 1. The summed E-state index contributed by atoms with van der Waals surface area (Å²) in [6, 6.07) is 17.7. The van der Waals surface area contributed by atoms with Gasteiger partial charge in [0.05, 0.1) is 6.61 Å². The zero-order valence-corrected chi connectivity index (χ0v) is 14.4. The third-order valence-corrected chi connectivity index (χ3v) is 4.10. The number of hydrogen-bond donors (Lipinski definition) is 1. The lowest BCUT2D eigenvalue weighted by molar-refractivity contribution is 0.0790. The third-order valence-electron chi connectivity index (χ3n) is 4.10. The van der Waals surface area contributed by atoms with Gasteiger partial charge >= 0.3 is 0 Å². The van der Waals surface area contributed by atoms with E-state index >= 15 is 0 Å². The molecule has 0 saturated carbocycles. The van der Waals surface area contributed by atoms with E-state index in [1.807, 2.05) is 47.4 Å². The van der Waals surface area contributed by atoms with Crippen molar-refractivity contribution in [3.05, 3.63) is 65.7 Å². The Morgan fingerprint density at radius 3 is 2.67 bits per heavy atom. The van der Waals surface area contributed by atoms with Gasteiger partial charge in [0.2, 0.25) is 0 Å². The fourth-order valence-electron chi connectivity index (χ4n) is 2.80. The molecular weight excluding hydrogens is 324 g/mol. The summed E-state index contributed by atoms with van der Waals surface area (Å²) in [5, 5.41) is 0. The Bertz CT molecular complexity index is 663. The van der Waals surface area contributed by atoms with Crippen LogP contribution in [0, 0.1) is 0 Å². The third kappa shape index (κ3) is 4.73. The predicted octanol–water partition coefficient (Wildman–Crippen LogP) is 2.90. The van der Waals surface area contributed by atoms with Gasteiger partial charge in [0, 0.05) is 31.1 Å². The molecule has 0 aromatic heterocycles. The monoisotopic (exact) mass is 346 g/mol. The van der Waals surface area contributed by atoms with Gasteiger partial charge in [-0.05, 0) is 30.2 Å². The summed E-state index contributed by atoms with van der Waals surface area (Å²) in [4.78, 5) is 14.3. The molecule has 3 rings (SSSR count). The lowest BCUT2D eigenvalue weighted by Gasteiger charge is -2.16. The highest BCUT2D eigenvalue weighted by atomic mass is 35.5. The lowest BCUT2D eigenvalue weighted by Crippen LogP contribution is -2.31. The van der Waals surface area contributed by atoms with Crippen LogP contribution in [0.25, 0.3) is 0 Å². The van der Waals surface area contributed by atoms with E-state index in [2.05, 4.69) is 12.1 Å². The number of ether oxygens (including phenoxy) is 1. The molecule has 2 aromatic carbocycles. The zero-order chi connectivity index (χ0) is 16.1.